The Bertz CT molecular complexity index is 1030. The van der Waals surface area contributed by atoms with Crippen molar-refractivity contribution in [2.45, 2.75) is 6.92 Å². The zero-order valence-corrected chi connectivity index (χ0v) is 12.4. The SMILES string of the molecule is Cc1nc(-c2cncc(-c3cc4ccccc4o3)c2)cc(=O)[nH]1. The molecule has 5 nitrogen and oxygen atoms in total. The van der Waals surface area contributed by atoms with Gasteiger partial charge in [0.25, 0.3) is 5.56 Å². The van der Waals surface area contributed by atoms with Gasteiger partial charge in [-0.3, -0.25) is 9.78 Å². The summed E-state index contributed by atoms with van der Waals surface area (Å²) in [5, 5.41) is 1.04. The van der Waals surface area contributed by atoms with E-state index in [1.54, 1.807) is 19.3 Å². The van der Waals surface area contributed by atoms with Crippen molar-refractivity contribution < 1.29 is 4.42 Å². The van der Waals surface area contributed by atoms with Gasteiger partial charge in [-0.25, -0.2) is 4.98 Å². The monoisotopic (exact) mass is 303 g/mol. The van der Waals surface area contributed by atoms with Crippen LogP contribution in [-0.4, -0.2) is 15.0 Å². The Labute approximate surface area is 131 Å². The minimum absolute atomic E-state index is 0.179. The second kappa shape index (κ2) is 5.21. The lowest BCUT2D eigenvalue weighted by molar-refractivity contribution is 0.631. The van der Waals surface area contributed by atoms with Crippen LogP contribution >= 0.6 is 0 Å². The highest BCUT2D eigenvalue weighted by atomic mass is 16.3. The second-order valence-electron chi connectivity index (χ2n) is 5.33. The number of aromatic amines is 1. The molecule has 0 saturated carbocycles. The van der Waals surface area contributed by atoms with E-state index in [0.717, 1.165) is 27.9 Å². The zero-order valence-electron chi connectivity index (χ0n) is 12.4. The third-order valence-electron chi connectivity index (χ3n) is 3.60. The smallest absolute Gasteiger partial charge is 0.251 e. The van der Waals surface area contributed by atoms with Crippen LogP contribution in [0.1, 0.15) is 5.82 Å². The number of pyridine rings is 1. The molecular weight excluding hydrogens is 290 g/mol. The van der Waals surface area contributed by atoms with Crippen LogP contribution in [0.25, 0.3) is 33.6 Å². The third-order valence-corrected chi connectivity index (χ3v) is 3.60. The molecule has 0 atom stereocenters. The zero-order chi connectivity index (χ0) is 15.8. The lowest BCUT2D eigenvalue weighted by Gasteiger charge is -2.03. The molecule has 0 spiro atoms. The van der Waals surface area contributed by atoms with E-state index in [1.165, 1.54) is 6.07 Å². The Morgan fingerprint density at radius 1 is 1.04 bits per heavy atom. The molecule has 0 bridgehead atoms. The summed E-state index contributed by atoms with van der Waals surface area (Å²) in [7, 11) is 0. The first-order valence-electron chi connectivity index (χ1n) is 7.21. The average molecular weight is 303 g/mol. The van der Waals surface area contributed by atoms with E-state index in [9.17, 15) is 4.79 Å². The van der Waals surface area contributed by atoms with Crippen LogP contribution in [-0.2, 0) is 0 Å². The Morgan fingerprint density at radius 2 is 1.87 bits per heavy atom. The molecule has 3 aromatic heterocycles. The minimum Gasteiger partial charge on any atom is -0.456 e. The van der Waals surface area contributed by atoms with Crippen molar-refractivity contribution in [1.82, 2.24) is 15.0 Å². The highest BCUT2D eigenvalue weighted by Gasteiger charge is 2.09. The van der Waals surface area contributed by atoms with E-state index in [4.69, 9.17) is 4.42 Å². The van der Waals surface area contributed by atoms with Crippen LogP contribution < -0.4 is 5.56 Å². The maximum atomic E-state index is 11.6. The van der Waals surface area contributed by atoms with E-state index in [-0.39, 0.29) is 5.56 Å². The van der Waals surface area contributed by atoms with Gasteiger partial charge in [-0.2, -0.15) is 0 Å². The van der Waals surface area contributed by atoms with Crippen molar-refractivity contribution in [3.8, 4) is 22.6 Å². The number of nitrogens with one attached hydrogen (secondary N) is 1. The lowest BCUT2D eigenvalue weighted by Crippen LogP contribution is -2.08. The molecule has 0 aliphatic carbocycles. The summed E-state index contributed by atoms with van der Waals surface area (Å²) in [4.78, 5) is 22.9. The van der Waals surface area contributed by atoms with Gasteiger partial charge in [0.15, 0.2) is 0 Å². The summed E-state index contributed by atoms with van der Waals surface area (Å²) in [5.74, 6) is 1.31. The van der Waals surface area contributed by atoms with Crippen LogP contribution in [0.2, 0.25) is 0 Å². The molecule has 0 fully saturated rings. The molecule has 112 valence electrons. The standard InChI is InChI=1S/C18H13N3O2/c1-11-20-15(8-18(22)21-11)13-6-14(10-19-9-13)17-7-12-4-2-3-5-16(12)23-17/h2-10H,1H3,(H,20,21,22). The molecule has 1 N–H and O–H groups in total. The fourth-order valence-corrected chi connectivity index (χ4v) is 2.57. The summed E-state index contributed by atoms with van der Waals surface area (Å²) in [5.41, 5.74) is 2.87. The van der Waals surface area contributed by atoms with Gasteiger partial charge in [0.2, 0.25) is 0 Å². The number of H-pyrrole nitrogens is 1. The minimum atomic E-state index is -0.179. The van der Waals surface area contributed by atoms with Gasteiger partial charge in [-0.05, 0) is 25.1 Å². The number of para-hydroxylation sites is 1. The van der Waals surface area contributed by atoms with Crippen molar-refractivity contribution >= 4 is 11.0 Å². The Hall–Kier alpha value is -3.21. The number of nitrogens with zero attached hydrogens (tertiary/aromatic N) is 2. The first kappa shape index (κ1) is 13.5. The van der Waals surface area contributed by atoms with Crippen molar-refractivity contribution in [1.29, 1.82) is 0 Å². The number of hydrogen-bond acceptors (Lipinski definition) is 4. The molecule has 4 rings (SSSR count). The molecular formula is C18H13N3O2. The summed E-state index contributed by atoms with van der Waals surface area (Å²) in [6.45, 7) is 1.75. The van der Waals surface area contributed by atoms with Crippen molar-refractivity contribution in [3.05, 3.63) is 71.0 Å². The van der Waals surface area contributed by atoms with Gasteiger partial charge in [-0.15, -0.1) is 0 Å². The van der Waals surface area contributed by atoms with Crippen LogP contribution in [0.5, 0.6) is 0 Å². The van der Waals surface area contributed by atoms with E-state index in [0.29, 0.717) is 11.5 Å². The highest BCUT2D eigenvalue weighted by Crippen LogP contribution is 2.29. The van der Waals surface area contributed by atoms with Crippen molar-refractivity contribution in [3.63, 3.8) is 0 Å². The third kappa shape index (κ3) is 2.53. The summed E-state index contributed by atoms with van der Waals surface area (Å²) in [6.07, 6.45) is 3.43. The van der Waals surface area contributed by atoms with Crippen LogP contribution in [0.3, 0.4) is 0 Å². The molecule has 0 saturated heterocycles. The molecule has 3 heterocycles. The van der Waals surface area contributed by atoms with E-state index >= 15 is 0 Å². The van der Waals surface area contributed by atoms with Crippen molar-refractivity contribution in [2.75, 3.05) is 0 Å². The van der Waals surface area contributed by atoms with Gasteiger partial charge in [0.05, 0.1) is 5.69 Å². The second-order valence-corrected chi connectivity index (χ2v) is 5.33. The predicted octanol–water partition coefficient (Wildman–Crippen LogP) is 3.55. The molecule has 23 heavy (non-hydrogen) atoms. The molecule has 0 amide bonds. The first-order chi connectivity index (χ1) is 11.2. The van der Waals surface area contributed by atoms with Gasteiger partial charge < -0.3 is 9.40 Å². The Morgan fingerprint density at radius 3 is 2.70 bits per heavy atom. The maximum Gasteiger partial charge on any atom is 0.251 e. The molecule has 5 heteroatoms. The fourth-order valence-electron chi connectivity index (χ4n) is 2.57. The topological polar surface area (TPSA) is 71.8 Å². The number of benzene rings is 1. The molecule has 0 aliphatic heterocycles. The molecule has 0 radical (unpaired) electrons. The molecule has 0 unspecified atom stereocenters. The maximum absolute atomic E-state index is 11.6. The van der Waals surface area contributed by atoms with E-state index in [1.807, 2.05) is 36.4 Å². The molecule has 4 aromatic rings. The summed E-state index contributed by atoms with van der Waals surface area (Å²) < 4.78 is 5.86. The average Bonchev–Trinajstić information content (AvgIpc) is 2.98. The molecule has 0 aliphatic rings. The lowest BCUT2D eigenvalue weighted by atomic mass is 10.1. The number of rotatable bonds is 2. The first-order valence-corrected chi connectivity index (χ1v) is 7.21. The number of fused-ring (bicyclic) bond motifs is 1. The van der Waals surface area contributed by atoms with Gasteiger partial charge in [0.1, 0.15) is 17.2 Å². The number of aromatic nitrogens is 3. The van der Waals surface area contributed by atoms with E-state index < -0.39 is 0 Å². The quantitative estimate of drug-likeness (QED) is 0.614. The van der Waals surface area contributed by atoms with Crippen LogP contribution in [0.15, 0.2) is 64.1 Å². The Kier molecular flexibility index (Phi) is 3.05. The molecule has 1 aromatic carbocycles. The number of hydrogen-bond donors (Lipinski definition) is 1. The van der Waals surface area contributed by atoms with Crippen molar-refractivity contribution in [2.24, 2.45) is 0 Å². The van der Waals surface area contributed by atoms with E-state index in [2.05, 4.69) is 15.0 Å². The highest BCUT2D eigenvalue weighted by molar-refractivity contribution is 5.83. The fraction of sp³-hybridized carbons (Fsp3) is 0.0556. The summed E-state index contributed by atoms with van der Waals surface area (Å²) in [6, 6.07) is 13.2. The Balaban J connectivity index is 1.83. The van der Waals surface area contributed by atoms with Gasteiger partial charge >= 0.3 is 0 Å². The van der Waals surface area contributed by atoms with Gasteiger partial charge in [-0.1, -0.05) is 18.2 Å². The van der Waals surface area contributed by atoms with Crippen LogP contribution in [0, 0.1) is 6.92 Å². The number of furan rings is 1. The largest absolute Gasteiger partial charge is 0.456 e. The van der Waals surface area contributed by atoms with Gasteiger partial charge in [0, 0.05) is 35.0 Å². The van der Waals surface area contributed by atoms with Crippen LogP contribution in [0.4, 0.5) is 0 Å². The number of aryl methyl sites for hydroxylation is 1. The summed E-state index contributed by atoms with van der Waals surface area (Å²) >= 11 is 0. The normalized spacial score (nSPS) is 11.0. The predicted molar refractivity (Wildman–Crippen MR) is 88.0 cm³/mol.